The van der Waals surface area contributed by atoms with Crippen molar-refractivity contribution in [3.63, 3.8) is 0 Å². The van der Waals surface area contributed by atoms with Gasteiger partial charge < -0.3 is 15.5 Å². The predicted octanol–water partition coefficient (Wildman–Crippen LogP) is 1.48. The van der Waals surface area contributed by atoms with Crippen molar-refractivity contribution in [1.29, 1.82) is 0 Å². The fourth-order valence-corrected chi connectivity index (χ4v) is 2.37. The summed E-state index contributed by atoms with van der Waals surface area (Å²) in [6.07, 6.45) is -0.792. The van der Waals surface area contributed by atoms with Crippen molar-refractivity contribution in [2.75, 3.05) is 13.2 Å². The van der Waals surface area contributed by atoms with Crippen LogP contribution < -0.4 is 5.32 Å². The zero-order valence-electron chi connectivity index (χ0n) is 9.49. The first-order chi connectivity index (χ1) is 8.49. The van der Waals surface area contributed by atoms with Crippen LogP contribution in [0, 0.1) is 17.6 Å². The monoisotopic (exact) mass is 257 g/mol. The van der Waals surface area contributed by atoms with Crippen LogP contribution in [0.1, 0.15) is 12.0 Å². The first-order valence-corrected chi connectivity index (χ1v) is 5.53. The highest BCUT2D eigenvalue weighted by molar-refractivity contribution is 5.64. The minimum atomic E-state index is -1.23. The molecule has 4 nitrogen and oxygen atoms in total. The first-order valence-electron chi connectivity index (χ1n) is 5.53. The van der Waals surface area contributed by atoms with Gasteiger partial charge in [-0.1, -0.05) is 0 Å². The Morgan fingerprint density at radius 2 is 2.22 bits per heavy atom. The molecule has 0 bridgehead atoms. The fraction of sp³-hybridized carbons (Fsp3) is 0.417. The highest BCUT2D eigenvalue weighted by Crippen LogP contribution is 2.54. The minimum Gasteiger partial charge on any atom is -0.465 e. The standard InChI is InChI=1S/C12H13F2NO3/c13-8-1-2-10(14)9(3-8)12(4-7(12)5-16)6-15-11(17)18/h1-3,7,15-16H,4-6H2,(H,17,18)/t7-,12?/m0/s1. The SMILES string of the molecule is O=C(O)NCC1(c2cc(F)ccc2F)C[C@H]1CO. The Balaban J connectivity index is 2.30. The van der Waals surface area contributed by atoms with E-state index < -0.39 is 23.1 Å². The second kappa shape index (κ2) is 4.53. The van der Waals surface area contributed by atoms with Crippen molar-refractivity contribution in [1.82, 2.24) is 5.32 Å². The van der Waals surface area contributed by atoms with Gasteiger partial charge in [-0.05, 0) is 36.1 Å². The Morgan fingerprint density at radius 3 is 2.78 bits per heavy atom. The summed E-state index contributed by atoms with van der Waals surface area (Å²) >= 11 is 0. The van der Waals surface area contributed by atoms with Crippen LogP contribution in [0.2, 0.25) is 0 Å². The third kappa shape index (κ3) is 2.15. The van der Waals surface area contributed by atoms with Crippen LogP contribution in [0.15, 0.2) is 18.2 Å². The molecule has 1 aliphatic carbocycles. The molecule has 2 atom stereocenters. The van der Waals surface area contributed by atoms with Crippen LogP contribution in [0.5, 0.6) is 0 Å². The molecular formula is C12H13F2NO3. The summed E-state index contributed by atoms with van der Waals surface area (Å²) in [4.78, 5) is 10.5. The average Bonchev–Trinajstić information content (AvgIpc) is 3.05. The van der Waals surface area contributed by atoms with Crippen molar-refractivity contribution in [3.8, 4) is 0 Å². The third-order valence-electron chi connectivity index (χ3n) is 3.47. The Hall–Kier alpha value is -1.69. The molecule has 0 spiro atoms. The average molecular weight is 257 g/mol. The van der Waals surface area contributed by atoms with Gasteiger partial charge >= 0.3 is 6.09 Å². The van der Waals surface area contributed by atoms with Gasteiger partial charge in [0.1, 0.15) is 11.6 Å². The molecule has 0 heterocycles. The summed E-state index contributed by atoms with van der Waals surface area (Å²) in [5.74, 6) is -1.41. The molecule has 0 saturated heterocycles. The van der Waals surface area contributed by atoms with Gasteiger partial charge in [0.05, 0.1) is 0 Å². The molecule has 6 heteroatoms. The van der Waals surface area contributed by atoms with Gasteiger partial charge in [-0.15, -0.1) is 0 Å². The number of halogens is 2. The fourth-order valence-electron chi connectivity index (χ4n) is 2.37. The van der Waals surface area contributed by atoms with Gasteiger partial charge in [0.2, 0.25) is 0 Å². The summed E-state index contributed by atoms with van der Waals surface area (Å²) in [6, 6.07) is 3.09. The summed E-state index contributed by atoms with van der Waals surface area (Å²) in [6.45, 7) is -0.217. The van der Waals surface area contributed by atoms with Gasteiger partial charge in [0, 0.05) is 18.6 Å². The summed E-state index contributed by atoms with van der Waals surface area (Å²) in [5.41, 5.74) is -0.713. The quantitative estimate of drug-likeness (QED) is 0.765. The van der Waals surface area contributed by atoms with Crippen LogP contribution in [-0.2, 0) is 5.41 Å². The number of amides is 1. The van der Waals surface area contributed by atoms with E-state index in [1.54, 1.807) is 0 Å². The molecule has 1 unspecified atom stereocenters. The molecule has 1 fully saturated rings. The van der Waals surface area contributed by atoms with Crippen LogP contribution in [0.25, 0.3) is 0 Å². The molecule has 1 aromatic carbocycles. The molecule has 18 heavy (non-hydrogen) atoms. The number of aliphatic hydroxyl groups excluding tert-OH is 1. The van der Waals surface area contributed by atoms with E-state index in [-0.39, 0.29) is 24.6 Å². The largest absolute Gasteiger partial charge is 0.465 e. The smallest absolute Gasteiger partial charge is 0.404 e. The third-order valence-corrected chi connectivity index (χ3v) is 3.47. The summed E-state index contributed by atoms with van der Waals surface area (Å²) < 4.78 is 26.9. The molecule has 1 aliphatic rings. The van der Waals surface area contributed by atoms with Crippen molar-refractivity contribution in [2.24, 2.45) is 5.92 Å². The predicted molar refractivity (Wildman–Crippen MR) is 59.3 cm³/mol. The molecular weight excluding hydrogens is 244 g/mol. The molecule has 0 radical (unpaired) electrons. The zero-order valence-corrected chi connectivity index (χ0v) is 9.49. The summed E-state index contributed by atoms with van der Waals surface area (Å²) in [5, 5.41) is 19.9. The van der Waals surface area contributed by atoms with E-state index in [0.717, 1.165) is 18.2 Å². The molecule has 1 aromatic rings. The lowest BCUT2D eigenvalue weighted by atomic mass is 9.92. The van der Waals surface area contributed by atoms with E-state index in [1.165, 1.54) is 0 Å². The van der Waals surface area contributed by atoms with Crippen LogP contribution in [0.4, 0.5) is 13.6 Å². The van der Waals surface area contributed by atoms with Gasteiger partial charge in [-0.3, -0.25) is 0 Å². The second-order valence-electron chi connectivity index (χ2n) is 4.52. The van der Waals surface area contributed by atoms with Crippen molar-refractivity contribution < 1.29 is 23.8 Å². The number of nitrogens with one attached hydrogen (secondary N) is 1. The number of carboxylic acid groups (broad SMARTS) is 1. The lowest BCUT2D eigenvalue weighted by Gasteiger charge is -2.18. The van der Waals surface area contributed by atoms with E-state index in [4.69, 9.17) is 10.2 Å². The Morgan fingerprint density at radius 1 is 1.50 bits per heavy atom. The van der Waals surface area contributed by atoms with E-state index in [1.807, 2.05) is 0 Å². The van der Waals surface area contributed by atoms with Gasteiger partial charge in [0.15, 0.2) is 0 Å². The first kappa shape index (κ1) is 12.8. The number of carbonyl (C=O) groups is 1. The highest BCUT2D eigenvalue weighted by Gasteiger charge is 2.56. The number of hydrogen-bond acceptors (Lipinski definition) is 2. The van der Waals surface area contributed by atoms with E-state index >= 15 is 0 Å². The topological polar surface area (TPSA) is 69.6 Å². The Kier molecular flexibility index (Phi) is 3.21. The normalized spacial score (nSPS) is 25.8. The maximum absolute atomic E-state index is 13.7. The maximum Gasteiger partial charge on any atom is 0.404 e. The van der Waals surface area contributed by atoms with Crippen LogP contribution in [-0.4, -0.2) is 29.5 Å². The van der Waals surface area contributed by atoms with Crippen molar-refractivity contribution in [2.45, 2.75) is 11.8 Å². The number of hydrogen-bond donors (Lipinski definition) is 3. The van der Waals surface area contributed by atoms with Gasteiger partial charge in [-0.25, -0.2) is 13.6 Å². The maximum atomic E-state index is 13.7. The number of rotatable bonds is 4. The van der Waals surface area contributed by atoms with Gasteiger partial charge in [0.25, 0.3) is 0 Å². The minimum absolute atomic E-state index is 0.0338. The highest BCUT2D eigenvalue weighted by atomic mass is 19.1. The van der Waals surface area contributed by atoms with Crippen LogP contribution >= 0.6 is 0 Å². The molecule has 1 amide bonds. The van der Waals surface area contributed by atoms with E-state index in [2.05, 4.69) is 5.32 Å². The van der Waals surface area contributed by atoms with Gasteiger partial charge in [-0.2, -0.15) is 0 Å². The Bertz CT molecular complexity index is 480. The lowest BCUT2D eigenvalue weighted by molar-refractivity contribution is 0.191. The molecule has 3 N–H and O–H groups in total. The summed E-state index contributed by atoms with van der Waals surface area (Å²) in [7, 11) is 0. The molecule has 2 rings (SSSR count). The van der Waals surface area contributed by atoms with E-state index in [9.17, 15) is 13.6 Å². The zero-order chi connectivity index (χ0) is 13.3. The van der Waals surface area contributed by atoms with Crippen molar-refractivity contribution >= 4 is 6.09 Å². The molecule has 0 aromatic heterocycles. The number of benzene rings is 1. The van der Waals surface area contributed by atoms with E-state index in [0.29, 0.717) is 6.42 Å². The molecule has 1 saturated carbocycles. The second-order valence-corrected chi connectivity index (χ2v) is 4.52. The van der Waals surface area contributed by atoms with Crippen molar-refractivity contribution in [3.05, 3.63) is 35.4 Å². The van der Waals surface area contributed by atoms with Crippen LogP contribution in [0.3, 0.4) is 0 Å². The Labute approximate surface area is 102 Å². The lowest BCUT2D eigenvalue weighted by Crippen LogP contribution is -2.33. The molecule has 0 aliphatic heterocycles. The molecule has 98 valence electrons. The number of aliphatic hydroxyl groups is 1.